The molecule has 1 aliphatic heterocycles. The van der Waals surface area contributed by atoms with E-state index in [1.54, 1.807) is 0 Å². The molecule has 3 heterocycles. The molecule has 1 aromatic carbocycles. The van der Waals surface area contributed by atoms with Crippen molar-refractivity contribution in [3.63, 3.8) is 0 Å². The van der Waals surface area contributed by atoms with E-state index in [0.717, 1.165) is 21.3 Å². The van der Waals surface area contributed by atoms with Gasteiger partial charge in [-0.05, 0) is 17.2 Å². The number of hydrogen-bond acceptors (Lipinski definition) is 6. The van der Waals surface area contributed by atoms with Crippen LogP contribution >= 0.6 is 22.9 Å². The van der Waals surface area contributed by atoms with E-state index in [0.29, 0.717) is 25.5 Å². The summed E-state index contributed by atoms with van der Waals surface area (Å²) in [5.74, 6) is 0.236. The molecule has 1 unspecified atom stereocenters. The van der Waals surface area contributed by atoms with Gasteiger partial charge in [-0.2, -0.15) is 4.98 Å². The number of halogens is 1. The minimum atomic E-state index is -0.656. The Kier molecular flexibility index (Phi) is 4.29. The summed E-state index contributed by atoms with van der Waals surface area (Å²) in [5, 5.41) is 3.18. The second-order valence-electron chi connectivity index (χ2n) is 5.72. The fourth-order valence-corrected chi connectivity index (χ4v) is 4.13. The molecule has 1 saturated heterocycles. The lowest BCUT2D eigenvalue weighted by atomic mass is 10.1. The van der Waals surface area contributed by atoms with Gasteiger partial charge in [-0.15, -0.1) is 11.3 Å². The van der Waals surface area contributed by atoms with E-state index in [2.05, 4.69) is 15.3 Å². The molecule has 0 saturated carbocycles. The number of nitrogens with zero attached hydrogens (tertiary/aromatic N) is 3. The van der Waals surface area contributed by atoms with Crippen molar-refractivity contribution in [3.05, 3.63) is 41.0 Å². The van der Waals surface area contributed by atoms with Crippen molar-refractivity contribution < 1.29 is 9.53 Å². The molecule has 2 N–H and O–H groups in total. The minimum absolute atomic E-state index is 0.186. The van der Waals surface area contributed by atoms with Crippen molar-refractivity contribution in [2.24, 2.45) is 5.73 Å². The first-order chi connectivity index (χ1) is 12.1. The highest BCUT2D eigenvalue weighted by molar-refractivity contribution is 7.17. The molecule has 8 heteroatoms. The molecule has 0 bridgehead atoms. The number of hydrogen-bond donors (Lipinski definition) is 1. The van der Waals surface area contributed by atoms with Crippen LogP contribution in [0.25, 0.3) is 21.3 Å². The van der Waals surface area contributed by atoms with Crippen molar-refractivity contribution in [1.29, 1.82) is 0 Å². The summed E-state index contributed by atoms with van der Waals surface area (Å²) in [6, 6.07) is 10.1. The average Bonchev–Trinajstić information content (AvgIpc) is 3.05. The summed E-state index contributed by atoms with van der Waals surface area (Å²) in [7, 11) is 0. The molecule has 1 atom stereocenters. The number of ether oxygens (including phenoxy) is 1. The number of rotatable bonds is 3. The van der Waals surface area contributed by atoms with Crippen molar-refractivity contribution >= 4 is 44.9 Å². The van der Waals surface area contributed by atoms with Crippen LogP contribution in [-0.2, 0) is 9.53 Å². The van der Waals surface area contributed by atoms with E-state index < -0.39 is 12.0 Å². The molecular formula is C17H15ClN4O2S. The summed E-state index contributed by atoms with van der Waals surface area (Å²) in [6.45, 7) is 1.36. The predicted octanol–water partition coefficient (Wildman–Crippen LogP) is 2.70. The standard InChI is InChI=1S/C17H15ClN4O2S/c18-17-20-15(22-6-7-24-12(8-22)14(19)23)13-11(9-25-16(13)21-17)10-4-2-1-3-5-10/h1-5,9,12H,6-8H2,(H2,19,23). The number of anilines is 1. The number of morpholine rings is 1. The van der Waals surface area contributed by atoms with Crippen molar-refractivity contribution in [2.75, 3.05) is 24.6 Å². The van der Waals surface area contributed by atoms with Gasteiger partial charge in [-0.3, -0.25) is 4.79 Å². The number of nitrogens with two attached hydrogens (primary N) is 1. The first-order valence-electron chi connectivity index (χ1n) is 7.79. The summed E-state index contributed by atoms with van der Waals surface area (Å²) >= 11 is 7.66. The molecule has 3 aromatic rings. The molecule has 4 rings (SSSR count). The minimum Gasteiger partial charge on any atom is -0.367 e. The topological polar surface area (TPSA) is 81.3 Å². The number of benzene rings is 1. The van der Waals surface area contributed by atoms with Crippen LogP contribution in [0.2, 0.25) is 5.28 Å². The normalized spacial score (nSPS) is 17.8. The Balaban J connectivity index is 1.85. The third-order valence-corrected chi connectivity index (χ3v) is 5.20. The van der Waals surface area contributed by atoms with E-state index in [4.69, 9.17) is 22.1 Å². The summed E-state index contributed by atoms with van der Waals surface area (Å²) < 4.78 is 5.44. The molecule has 2 aromatic heterocycles. The van der Waals surface area contributed by atoms with E-state index in [1.807, 2.05) is 35.2 Å². The number of primary amides is 1. The summed E-state index contributed by atoms with van der Waals surface area (Å²) in [6.07, 6.45) is -0.656. The Morgan fingerprint density at radius 2 is 2.12 bits per heavy atom. The highest BCUT2D eigenvalue weighted by Gasteiger charge is 2.28. The largest absolute Gasteiger partial charge is 0.367 e. The highest BCUT2D eigenvalue weighted by atomic mass is 35.5. The fourth-order valence-electron chi connectivity index (χ4n) is 2.97. The molecule has 6 nitrogen and oxygen atoms in total. The zero-order valence-corrected chi connectivity index (χ0v) is 14.8. The molecule has 128 valence electrons. The molecule has 0 spiro atoms. The smallest absolute Gasteiger partial charge is 0.248 e. The molecule has 0 aliphatic carbocycles. The van der Waals surface area contributed by atoms with Crippen LogP contribution in [0.3, 0.4) is 0 Å². The number of fused-ring (bicyclic) bond motifs is 1. The van der Waals surface area contributed by atoms with Gasteiger partial charge in [-0.25, -0.2) is 4.98 Å². The van der Waals surface area contributed by atoms with E-state index >= 15 is 0 Å². The van der Waals surface area contributed by atoms with Gasteiger partial charge in [0.1, 0.15) is 10.6 Å². The van der Waals surface area contributed by atoms with Gasteiger partial charge in [-0.1, -0.05) is 30.3 Å². The first-order valence-corrected chi connectivity index (χ1v) is 9.05. The SMILES string of the molecule is NC(=O)C1CN(c2nc(Cl)nc3scc(-c4ccccc4)c23)CCO1. The van der Waals surface area contributed by atoms with Crippen molar-refractivity contribution in [2.45, 2.75) is 6.10 Å². The van der Waals surface area contributed by atoms with Crippen LogP contribution in [0.15, 0.2) is 35.7 Å². The van der Waals surface area contributed by atoms with Crippen LogP contribution in [-0.4, -0.2) is 41.7 Å². The quantitative estimate of drug-likeness (QED) is 0.713. The zero-order valence-electron chi connectivity index (χ0n) is 13.2. The highest BCUT2D eigenvalue weighted by Crippen LogP contribution is 2.39. The average molecular weight is 375 g/mol. The third kappa shape index (κ3) is 3.06. The zero-order chi connectivity index (χ0) is 17.4. The van der Waals surface area contributed by atoms with E-state index in [1.165, 1.54) is 11.3 Å². The maximum Gasteiger partial charge on any atom is 0.248 e. The van der Waals surface area contributed by atoms with Gasteiger partial charge in [0.15, 0.2) is 6.10 Å². The molecule has 1 fully saturated rings. The van der Waals surface area contributed by atoms with Gasteiger partial charge in [0.05, 0.1) is 18.5 Å². The number of aromatic nitrogens is 2. The Hall–Kier alpha value is -2.22. The van der Waals surface area contributed by atoms with Gasteiger partial charge >= 0.3 is 0 Å². The van der Waals surface area contributed by atoms with Crippen molar-refractivity contribution in [3.8, 4) is 11.1 Å². The maximum absolute atomic E-state index is 11.5. The van der Waals surface area contributed by atoms with Crippen molar-refractivity contribution in [1.82, 2.24) is 9.97 Å². The summed E-state index contributed by atoms with van der Waals surface area (Å²) in [5.41, 5.74) is 7.54. The number of carbonyl (C=O) groups excluding carboxylic acids is 1. The van der Waals surface area contributed by atoms with Gasteiger partial charge in [0.25, 0.3) is 0 Å². The lowest BCUT2D eigenvalue weighted by Gasteiger charge is -2.32. The van der Waals surface area contributed by atoms with Crippen LogP contribution < -0.4 is 10.6 Å². The Morgan fingerprint density at radius 3 is 2.88 bits per heavy atom. The molecule has 1 aliphatic rings. The van der Waals surface area contributed by atoms with Crippen LogP contribution in [0.5, 0.6) is 0 Å². The van der Waals surface area contributed by atoms with Crippen LogP contribution in [0.1, 0.15) is 0 Å². The fraction of sp³-hybridized carbons (Fsp3) is 0.235. The lowest BCUT2D eigenvalue weighted by molar-refractivity contribution is -0.130. The van der Waals surface area contributed by atoms with Crippen LogP contribution in [0.4, 0.5) is 5.82 Å². The second-order valence-corrected chi connectivity index (χ2v) is 6.92. The number of amides is 1. The van der Waals surface area contributed by atoms with E-state index in [-0.39, 0.29) is 5.28 Å². The van der Waals surface area contributed by atoms with E-state index in [9.17, 15) is 4.79 Å². The van der Waals surface area contributed by atoms with Gasteiger partial charge < -0.3 is 15.4 Å². The number of thiophene rings is 1. The first kappa shape index (κ1) is 16.3. The second kappa shape index (κ2) is 6.59. The molecule has 25 heavy (non-hydrogen) atoms. The Morgan fingerprint density at radius 1 is 1.32 bits per heavy atom. The Labute approximate surface area is 153 Å². The predicted molar refractivity (Wildman–Crippen MR) is 99.0 cm³/mol. The monoisotopic (exact) mass is 374 g/mol. The van der Waals surface area contributed by atoms with Gasteiger partial charge in [0, 0.05) is 17.5 Å². The molecule has 1 amide bonds. The van der Waals surface area contributed by atoms with Crippen LogP contribution in [0, 0.1) is 0 Å². The third-order valence-electron chi connectivity index (χ3n) is 4.16. The molecular weight excluding hydrogens is 360 g/mol. The molecule has 0 radical (unpaired) electrons. The summed E-state index contributed by atoms with van der Waals surface area (Å²) in [4.78, 5) is 23.1. The Bertz CT molecular complexity index is 931. The van der Waals surface area contributed by atoms with Gasteiger partial charge in [0.2, 0.25) is 11.2 Å². The lowest BCUT2D eigenvalue weighted by Crippen LogP contribution is -2.48. The number of carbonyl (C=O) groups is 1. The maximum atomic E-state index is 11.5.